The normalized spacial score (nSPS) is 24.4. The van der Waals surface area contributed by atoms with Crippen molar-refractivity contribution in [3.63, 3.8) is 0 Å². The van der Waals surface area contributed by atoms with Crippen LogP contribution in [0.2, 0.25) is 0 Å². The Hall–Kier alpha value is -2.24. The third-order valence-electron chi connectivity index (χ3n) is 4.70. The number of rotatable bonds is 5. The van der Waals surface area contributed by atoms with Gasteiger partial charge in [-0.05, 0) is 43.4 Å². The van der Waals surface area contributed by atoms with Crippen LogP contribution in [0, 0.1) is 5.92 Å². The van der Waals surface area contributed by atoms with Gasteiger partial charge in [0.2, 0.25) is 5.91 Å². The first-order chi connectivity index (χ1) is 10.9. The van der Waals surface area contributed by atoms with Gasteiger partial charge in [0.1, 0.15) is 18.8 Å². The number of carbonyl (C=O) groups excluding carboxylic acids is 1. The van der Waals surface area contributed by atoms with Crippen molar-refractivity contribution in [1.29, 1.82) is 0 Å². The maximum atomic E-state index is 12.3. The Kier molecular flexibility index (Phi) is 3.92. The Morgan fingerprint density at radius 2 is 2.00 bits per heavy atom. The van der Waals surface area contributed by atoms with E-state index in [1.165, 1.54) is 6.92 Å². The predicted octanol–water partition coefficient (Wildman–Crippen LogP) is 1.93. The van der Waals surface area contributed by atoms with Gasteiger partial charge in [0, 0.05) is 5.92 Å². The van der Waals surface area contributed by atoms with Gasteiger partial charge in [0.25, 0.3) is 0 Å². The molecule has 1 fully saturated rings. The zero-order chi connectivity index (χ0) is 16.6. The smallest absolute Gasteiger partial charge is 0.329 e. The minimum absolute atomic E-state index is 0.112. The van der Waals surface area contributed by atoms with E-state index in [2.05, 4.69) is 5.32 Å². The molecule has 1 aromatic carbocycles. The molecule has 2 N–H and O–H groups in total. The molecule has 124 valence electrons. The maximum Gasteiger partial charge on any atom is 0.329 e. The molecule has 2 aliphatic rings. The zero-order valence-corrected chi connectivity index (χ0v) is 13.3. The number of hydrogen-bond acceptors (Lipinski definition) is 4. The number of nitrogens with one attached hydrogen (secondary N) is 1. The number of benzene rings is 1. The van der Waals surface area contributed by atoms with Crippen LogP contribution in [0.4, 0.5) is 0 Å². The topological polar surface area (TPSA) is 84.9 Å². The lowest BCUT2D eigenvalue weighted by Crippen LogP contribution is -2.52. The molecule has 3 unspecified atom stereocenters. The molecule has 1 amide bonds. The molecule has 23 heavy (non-hydrogen) atoms. The third kappa shape index (κ3) is 2.98. The predicted molar refractivity (Wildman–Crippen MR) is 82.8 cm³/mol. The summed E-state index contributed by atoms with van der Waals surface area (Å²) >= 11 is 0. The lowest BCUT2D eigenvalue weighted by molar-refractivity contribution is -0.147. The first kappa shape index (κ1) is 15.6. The van der Waals surface area contributed by atoms with Crippen molar-refractivity contribution in [2.24, 2.45) is 5.92 Å². The van der Waals surface area contributed by atoms with Crippen molar-refractivity contribution in [1.82, 2.24) is 5.32 Å². The molecule has 0 aromatic heterocycles. The Morgan fingerprint density at radius 3 is 2.65 bits per heavy atom. The van der Waals surface area contributed by atoms with Gasteiger partial charge in [0.15, 0.2) is 11.5 Å². The standard InChI is InChI=1S/C17H21NO5/c1-3-17(2,16(20)21)18-15(19)12-9-11(12)10-4-5-13-14(8-10)23-7-6-22-13/h4-5,8,11-12H,3,6-7,9H2,1-2H3,(H,18,19)(H,20,21). The lowest BCUT2D eigenvalue weighted by atomic mass is 9.98. The third-order valence-corrected chi connectivity index (χ3v) is 4.70. The van der Waals surface area contributed by atoms with Gasteiger partial charge >= 0.3 is 5.97 Å². The maximum absolute atomic E-state index is 12.3. The molecule has 1 aliphatic carbocycles. The SMILES string of the molecule is CCC(C)(NC(=O)C1CC1c1ccc2c(c1)OCCO2)C(=O)O. The fourth-order valence-electron chi connectivity index (χ4n) is 2.80. The summed E-state index contributed by atoms with van der Waals surface area (Å²) in [6.07, 6.45) is 1.07. The number of carbonyl (C=O) groups is 2. The van der Waals surface area contributed by atoms with E-state index >= 15 is 0 Å². The first-order valence-corrected chi connectivity index (χ1v) is 7.89. The van der Waals surface area contributed by atoms with E-state index in [-0.39, 0.29) is 17.7 Å². The van der Waals surface area contributed by atoms with Gasteiger partial charge in [-0.2, -0.15) is 0 Å². The van der Waals surface area contributed by atoms with Crippen molar-refractivity contribution in [2.75, 3.05) is 13.2 Å². The van der Waals surface area contributed by atoms with Crippen LogP contribution in [-0.4, -0.2) is 35.7 Å². The summed E-state index contributed by atoms with van der Waals surface area (Å²) in [5, 5.41) is 11.9. The molecule has 1 aromatic rings. The molecule has 6 nitrogen and oxygen atoms in total. The van der Waals surface area contributed by atoms with Crippen LogP contribution in [0.1, 0.15) is 38.2 Å². The summed E-state index contributed by atoms with van der Waals surface area (Å²) in [6, 6.07) is 5.73. The van der Waals surface area contributed by atoms with Crippen molar-refractivity contribution in [3.8, 4) is 11.5 Å². The molecule has 0 saturated heterocycles. The average Bonchev–Trinajstić information content (AvgIpc) is 3.35. The Balaban J connectivity index is 1.67. The van der Waals surface area contributed by atoms with Crippen LogP contribution < -0.4 is 14.8 Å². The molecule has 1 heterocycles. The number of aliphatic carboxylic acids is 1. The summed E-state index contributed by atoms with van der Waals surface area (Å²) in [7, 11) is 0. The fraction of sp³-hybridized carbons (Fsp3) is 0.529. The fourth-order valence-corrected chi connectivity index (χ4v) is 2.80. The van der Waals surface area contributed by atoms with Gasteiger partial charge in [-0.25, -0.2) is 4.79 Å². The number of ether oxygens (including phenoxy) is 2. The van der Waals surface area contributed by atoms with Crippen molar-refractivity contribution >= 4 is 11.9 Å². The molecule has 0 spiro atoms. The van der Waals surface area contributed by atoms with Gasteiger partial charge < -0.3 is 19.9 Å². The molecule has 6 heteroatoms. The minimum Gasteiger partial charge on any atom is -0.486 e. The molecule has 3 rings (SSSR count). The van der Waals surface area contributed by atoms with Crippen LogP contribution >= 0.6 is 0 Å². The van der Waals surface area contributed by atoms with E-state index in [4.69, 9.17) is 9.47 Å². The van der Waals surface area contributed by atoms with Crippen LogP contribution in [-0.2, 0) is 9.59 Å². The van der Waals surface area contributed by atoms with Crippen LogP contribution in [0.15, 0.2) is 18.2 Å². The van der Waals surface area contributed by atoms with E-state index in [1.807, 2.05) is 18.2 Å². The van der Waals surface area contributed by atoms with Crippen LogP contribution in [0.25, 0.3) is 0 Å². The largest absolute Gasteiger partial charge is 0.486 e. The second-order valence-electron chi connectivity index (χ2n) is 6.33. The summed E-state index contributed by atoms with van der Waals surface area (Å²) < 4.78 is 11.1. The van der Waals surface area contributed by atoms with E-state index in [0.717, 1.165) is 17.7 Å². The van der Waals surface area contributed by atoms with Crippen molar-refractivity contribution in [3.05, 3.63) is 23.8 Å². The number of amides is 1. The molecule has 0 bridgehead atoms. The Morgan fingerprint density at radius 1 is 1.30 bits per heavy atom. The second-order valence-corrected chi connectivity index (χ2v) is 6.33. The zero-order valence-electron chi connectivity index (χ0n) is 13.3. The highest BCUT2D eigenvalue weighted by molar-refractivity contribution is 5.89. The average molecular weight is 319 g/mol. The first-order valence-electron chi connectivity index (χ1n) is 7.89. The molecule has 1 aliphatic heterocycles. The van der Waals surface area contributed by atoms with Gasteiger partial charge in [-0.15, -0.1) is 0 Å². The Bertz CT molecular complexity index is 644. The summed E-state index contributed by atoms with van der Waals surface area (Å²) in [4.78, 5) is 23.6. The highest BCUT2D eigenvalue weighted by Crippen LogP contribution is 2.49. The molecular formula is C17H21NO5. The highest BCUT2D eigenvalue weighted by Gasteiger charge is 2.47. The number of carboxylic acids is 1. The Labute approximate surface area is 134 Å². The number of fused-ring (bicyclic) bond motifs is 1. The van der Waals surface area contributed by atoms with E-state index in [0.29, 0.717) is 25.4 Å². The molecule has 1 saturated carbocycles. The summed E-state index contributed by atoms with van der Waals surface area (Å²) in [6.45, 7) is 4.36. The van der Waals surface area contributed by atoms with Gasteiger partial charge in [-0.3, -0.25) is 4.79 Å². The molecule has 3 atom stereocenters. The lowest BCUT2D eigenvalue weighted by Gasteiger charge is -2.24. The molecular weight excluding hydrogens is 298 g/mol. The van der Waals surface area contributed by atoms with Crippen molar-refractivity contribution < 1.29 is 24.2 Å². The highest BCUT2D eigenvalue weighted by atomic mass is 16.6. The summed E-state index contributed by atoms with van der Waals surface area (Å²) in [5.41, 5.74) is -0.181. The van der Waals surface area contributed by atoms with Crippen molar-refractivity contribution in [2.45, 2.75) is 38.1 Å². The second kappa shape index (κ2) is 5.76. The number of carboxylic acid groups (broad SMARTS) is 1. The monoisotopic (exact) mass is 319 g/mol. The summed E-state index contributed by atoms with van der Waals surface area (Å²) in [5.74, 6) is 0.167. The van der Waals surface area contributed by atoms with Crippen LogP contribution in [0.5, 0.6) is 11.5 Å². The molecule has 0 radical (unpaired) electrons. The minimum atomic E-state index is -1.21. The van der Waals surface area contributed by atoms with E-state index in [9.17, 15) is 14.7 Å². The van der Waals surface area contributed by atoms with Gasteiger partial charge in [-0.1, -0.05) is 13.0 Å². The van der Waals surface area contributed by atoms with E-state index in [1.54, 1.807) is 6.92 Å². The van der Waals surface area contributed by atoms with E-state index < -0.39 is 11.5 Å². The van der Waals surface area contributed by atoms with Gasteiger partial charge in [0.05, 0.1) is 0 Å². The van der Waals surface area contributed by atoms with Crippen LogP contribution in [0.3, 0.4) is 0 Å². The quantitative estimate of drug-likeness (QED) is 0.866. The number of hydrogen-bond donors (Lipinski definition) is 2.